The fraction of sp³-hybridized carbons (Fsp3) is 0.192. The van der Waals surface area contributed by atoms with Crippen LogP contribution in [0, 0.1) is 34.6 Å². The summed E-state index contributed by atoms with van der Waals surface area (Å²) in [6.07, 6.45) is 0. The SMILES string of the molecule is Cc1ccc(-c2nc(-c3ccc(C)cc3C)nc(-c3c(C)cc(O)cc3O)n2)c(C)c1. The van der Waals surface area contributed by atoms with E-state index < -0.39 is 0 Å². The van der Waals surface area contributed by atoms with Gasteiger partial charge in [0.15, 0.2) is 17.5 Å². The molecule has 5 heteroatoms. The first-order chi connectivity index (χ1) is 14.7. The van der Waals surface area contributed by atoms with Crippen LogP contribution in [0.15, 0.2) is 48.5 Å². The summed E-state index contributed by atoms with van der Waals surface area (Å²) in [4.78, 5) is 14.3. The van der Waals surface area contributed by atoms with Gasteiger partial charge in [-0.1, -0.05) is 47.5 Å². The van der Waals surface area contributed by atoms with Crippen molar-refractivity contribution >= 4 is 0 Å². The second kappa shape index (κ2) is 7.84. The van der Waals surface area contributed by atoms with Crippen LogP contribution < -0.4 is 0 Å². The number of nitrogens with zero attached hydrogens (tertiary/aromatic N) is 3. The molecule has 31 heavy (non-hydrogen) atoms. The van der Waals surface area contributed by atoms with Crippen LogP contribution in [-0.4, -0.2) is 25.2 Å². The van der Waals surface area contributed by atoms with Crippen molar-refractivity contribution in [3.8, 4) is 45.7 Å². The summed E-state index contributed by atoms with van der Waals surface area (Å²) in [7, 11) is 0. The normalized spacial score (nSPS) is 11.0. The van der Waals surface area contributed by atoms with Gasteiger partial charge in [0.05, 0.1) is 5.56 Å². The van der Waals surface area contributed by atoms with Gasteiger partial charge in [0.2, 0.25) is 0 Å². The number of aromatic nitrogens is 3. The molecular formula is C26H25N3O2. The van der Waals surface area contributed by atoms with Crippen molar-refractivity contribution in [3.63, 3.8) is 0 Å². The molecule has 0 saturated heterocycles. The molecular weight excluding hydrogens is 386 g/mol. The third kappa shape index (κ3) is 3.99. The molecule has 0 radical (unpaired) electrons. The lowest BCUT2D eigenvalue weighted by Gasteiger charge is -2.14. The third-order valence-electron chi connectivity index (χ3n) is 5.40. The van der Waals surface area contributed by atoms with E-state index in [2.05, 4.69) is 26.0 Å². The summed E-state index contributed by atoms with van der Waals surface area (Å²) in [6.45, 7) is 9.98. The fourth-order valence-electron chi connectivity index (χ4n) is 3.90. The Hall–Kier alpha value is -3.73. The van der Waals surface area contributed by atoms with Gasteiger partial charge in [-0.25, -0.2) is 15.0 Å². The van der Waals surface area contributed by atoms with Gasteiger partial charge in [-0.3, -0.25) is 0 Å². The number of hydrogen-bond donors (Lipinski definition) is 2. The molecule has 2 N–H and O–H groups in total. The Morgan fingerprint density at radius 3 is 1.48 bits per heavy atom. The number of rotatable bonds is 3. The smallest absolute Gasteiger partial charge is 0.168 e. The van der Waals surface area contributed by atoms with Crippen molar-refractivity contribution in [3.05, 3.63) is 76.3 Å². The third-order valence-corrected chi connectivity index (χ3v) is 5.40. The van der Waals surface area contributed by atoms with Crippen LogP contribution in [0.4, 0.5) is 0 Å². The minimum absolute atomic E-state index is 0.00277. The molecule has 0 spiro atoms. The van der Waals surface area contributed by atoms with Crippen LogP contribution in [0.5, 0.6) is 11.5 Å². The van der Waals surface area contributed by atoms with Crippen LogP contribution in [-0.2, 0) is 0 Å². The van der Waals surface area contributed by atoms with Gasteiger partial charge in [0, 0.05) is 17.2 Å². The number of aryl methyl sites for hydroxylation is 5. The summed E-state index contributed by atoms with van der Waals surface area (Å²) in [6, 6.07) is 15.2. The van der Waals surface area contributed by atoms with Gasteiger partial charge in [-0.05, 0) is 57.4 Å². The van der Waals surface area contributed by atoms with Crippen LogP contribution >= 0.6 is 0 Å². The highest BCUT2D eigenvalue weighted by atomic mass is 16.3. The molecule has 0 aliphatic heterocycles. The largest absolute Gasteiger partial charge is 0.508 e. The molecule has 0 aliphatic rings. The molecule has 0 atom stereocenters. The van der Waals surface area contributed by atoms with Crippen LogP contribution in [0.1, 0.15) is 27.8 Å². The molecule has 4 aromatic rings. The van der Waals surface area contributed by atoms with E-state index in [1.165, 1.54) is 6.07 Å². The molecule has 3 aromatic carbocycles. The van der Waals surface area contributed by atoms with Crippen molar-refractivity contribution in [2.24, 2.45) is 0 Å². The molecule has 0 fully saturated rings. The highest BCUT2D eigenvalue weighted by molar-refractivity contribution is 5.74. The van der Waals surface area contributed by atoms with Crippen molar-refractivity contribution < 1.29 is 10.2 Å². The second-order valence-corrected chi connectivity index (χ2v) is 8.10. The van der Waals surface area contributed by atoms with E-state index in [-0.39, 0.29) is 11.5 Å². The summed E-state index contributed by atoms with van der Waals surface area (Å²) < 4.78 is 0. The monoisotopic (exact) mass is 411 g/mol. The molecule has 156 valence electrons. The van der Waals surface area contributed by atoms with Gasteiger partial charge in [0.25, 0.3) is 0 Å². The summed E-state index contributed by atoms with van der Waals surface area (Å²) in [5.74, 6) is 1.39. The van der Waals surface area contributed by atoms with E-state index in [1.54, 1.807) is 6.07 Å². The Balaban J connectivity index is 2.02. The van der Waals surface area contributed by atoms with Gasteiger partial charge in [-0.2, -0.15) is 0 Å². The number of hydrogen-bond acceptors (Lipinski definition) is 5. The highest BCUT2D eigenvalue weighted by Gasteiger charge is 2.18. The van der Waals surface area contributed by atoms with Crippen molar-refractivity contribution in [1.29, 1.82) is 0 Å². The molecule has 5 nitrogen and oxygen atoms in total. The maximum atomic E-state index is 10.6. The minimum atomic E-state index is -0.0677. The van der Waals surface area contributed by atoms with Gasteiger partial charge >= 0.3 is 0 Å². The standard InChI is InChI=1S/C26H25N3O2/c1-14-6-8-20(16(3)10-14)24-27-25(21-9-7-15(2)11-17(21)4)29-26(28-24)23-18(5)12-19(30)13-22(23)31/h6-13,30-31H,1-5H3. The van der Waals surface area contributed by atoms with Gasteiger partial charge < -0.3 is 10.2 Å². The van der Waals surface area contributed by atoms with E-state index in [0.717, 1.165) is 33.4 Å². The minimum Gasteiger partial charge on any atom is -0.508 e. The highest BCUT2D eigenvalue weighted by Crippen LogP contribution is 2.36. The van der Waals surface area contributed by atoms with E-state index >= 15 is 0 Å². The number of phenols is 2. The lowest BCUT2D eigenvalue weighted by molar-refractivity contribution is 0.451. The van der Waals surface area contributed by atoms with Gasteiger partial charge in [-0.15, -0.1) is 0 Å². The molecule has 4 rings (SSSR count). The van der Waals surface area contributed by atoms with Crippen LogP contribution in [0.25, 0.3) is 34.2 Å². The number of benzene rings is 3. The van der Waals surface area contributed by atoms with Crippen molar-refractivity contribution in [1.82, 2.24) is 15.0 Å². The molecule has 0 unspecified atom stereocenters. The predicted octanol–water partition coefficient (Wildman–Crippen LogP) is 5.83. The Kier molecular flexibility index (Phi) is 5.19. The summed E-state index contributed by atoms with van der Waals surface area (Å²) in [5.41, 5.74) is 7.45. The van der Waals surface area contributed by atoms with E-state index in [9.17, 15) is 10.2 Å². The van der Waals surface area contributed by atoms with Crippen LogP contribution in [0.2, 0.25) is 0 Å². The predicted molar refractivity (Wildman–Crippen MR) is 123 cm³/mol. The van der Waals surface area contributed by atoms with E-state index in [4.69, 9.17) is 15.0 Å². The van der Waals surface area contributed by atoms with Crippen LogP contribution in [0.3, 0.4) is 0 Å². The van der Waals surface area contributed by atoms with E-state index in [0.29, 0.717) is 28.6 Å². The zero-order chi connectivity index (χ0) is 22.3. The maximum Gasteiger partial charge on any atom is 0.168 e. The fourth-order valence-corrected chi connectivity index (χ4v) is 3.90. The first kappa shape index (κ1) is 20.5. The topological polar surface area (TPSA) is 79.1 Å². The Labute approximate surface area is 182 Å². The molecule has 0 saturated carbocycles. The number of phenolic OH excluding ortho intramolecular Hbond substituents is 2. The number of aromatic hydroxyl groups is 2. The zero-order valence-corrected chi connectivity index (χ0v) is 18.4. The molecule has 0 aliphatic carbocycles. The second-order valence-electron chi connectivity index (χ2n) is 8.10. The molecule has 1 aromatic heterocycles. The van der Waals surface area contributed by atoms with Gasteiger partial charge in [0.1, 0.15) is 11.5 Å². The average molecular weight is 412 g/mol. The molecule has 0 amide bonds. The zero-order valence-electron chi connectivity index (χ0n) is 18.4. The first-order valence-electron chi connectivity index (χ1n) is 10.2. The van der Waals surface area contributed by atoms with Crippen molar-refractivity contribution in [2.75, 3.05) is 0 Å². The Bertz CT molecular complexity index is 1220. The summed E-state index contributed by atoms with van der Waals surface area (Å²) in [5, 5.41) is 20.4. The average Bonchev–Trinajstić information content (AvgIpc) is 2.67. The van der Waals surface area contributed by atoms with Crippen molar-refractivity contribution in [2.45, 2.75) is 34.6 Å². The Morgan fingerprint density at radius 2 is 1.03 bits per heavy atom. The summed E-state index contributed by atoms with van der Waals surface area (Å²) >= 11 is 0. The molecule has 0 bridgehead atoms. The van der Waals surface area contributed by atoms with E-state index in [1.807, 2.05) is 45.0 Å². The maximum absolute atomic E-state index is 10.6. The Morgan fingerprint density at radius 1 is 0.548 bits per heavy atom. The quantitative estimate of drug-likeness (QED) is 0.444. The first-order valence-corrected chi connectivity index (χ1v) is 10.2. The lowest BCUT2D eigenvalue weighted by Crippen LogP contribution is -2.03. The lowest BCUT2D eigenvalue weighted by atomic mass is 10.0. The molecule has 1 heterocycles.